The van der Waals surface area contributed by atoms with Gasteiger partial charge >= 0.3 is 0 Å². The van der Waals surface area contributed by atoms with Crippen LogP contribution >= 0.6 is 0 Å². The van der Waals surface area contributed by atoms with Crippen molar-refractivity contribution in [3.8, 4) is 0 Å². The van der Waals surface area contributed by atoms with Gasteiger partial charge in [0, 0.05) is 12.1 Å². The van der Waals surface area contributed by atoms with Crippen LogP contribution in [0.3, 0.4) is 0 Å². The summed E-state index contributed by atoms with van der Waals surface area (Å²) in [6, 6.07) is 10.8. The van der Waals surface area contributed by atoms with Crippen molar-refractivity contribution < 1.29 is 0 Å². The fourth-order valence-electron chi connectivity index (χ4n) is 4.34. The average Bonchev–Trinajstić information content (AvgIpc) is 2.40. The van der Waals surface area contributed by atoms with Gasteiger partial charge in [-0.15, -0.1) is 0 Å². The minimum Gasteiger partial charge on any atom is -0.293 e. The molecule has 3 atom stereocenters. The molecule has 4 aliphatic rings. The van der Waals surface area contributed by atoms with E-state index in [0.29, 0.717) is 0 Å². The van der Waals surface area contributed by atoms with Crippen LogP contribution in [0.4, 0.5) is 0 Å². The normalized spacial score (nSPS) is 36.9. The maximum Gasteiger partial charge on any atom is 0.0354 e. The minimum atomic E-state index is 0.756. The van der Waals surface area contributed by atoms with Gasteiger partial charge in [0.1, 0.15) is 0 Å². The highest BCUT2D eigenvalue weighted by molar-refractivity contribution is 5.39. The summed E-state index contributed by atoms with van der Waals surface area (Å²) in [5.74, 6) is 0.849. The Hall–Kier alpha value is -0.820. The van der Waals surface area contributed by atoms with Gasteiger partial charge in [0.25, 0.3) is 0 Å². The highest BCUT2D eigenvalue weighted by atomic mass is 15.2. The summed E-state index contributed by atoms with van der Waals surface area (Å²) in [4.78, 5) is 2.82. The summed E-state index contributed by atoms with van der Waals surface area (Å²) < 4.78 is 0. The molecule has 0 radical (unpaired) electrons. The fourth-order valence-corrected chi connectivity index (χ4v) is 4.34. The topological polar surface area (TPSA) is 3.24 Å². The lowest BCUT2D eigenvalue weighted by Gasteiger charge is -2.54. The first-order valence-corrected chi connectivity index (χ1v) is 6.80. The van der Waals surface area contributed by atoms with Crippen LogP contribution in [0.5, 0.6) is 0 Å². The molecule has 2 fully saturated rings. The van der Waals surface area contributed by atoms with E-state index in [9.17, 15) is 0 Å². The summed E-state index contributed by atoms with van der Waals surface area (Å²) in [5, 5.41) is 0. The number of benzene rings is 1. The zero-order chi connectivity index (χ0) is 10.5. The van der Waals surface area contributed by atoms with Gasteiger partial charge in [-0.2, -0.15) is 0 Å². The van der Waals surface area contributed by atoms with Crippen LogP contribution in [0.15, 0.2) is 24.3 Å². The van der Waals surface area contributed by atoms with Crippen molar-refractivity contribution in [2.24, 2.45) is 0 Å². The van der Waals surface area contributed by atoms with Gasteiger partial charge < -0.3 is 0 Å². The summed E-state index contributed by atoms with van der Waals surface area (Å²) in [6.45, 7) is 1.35. The minimum absolute atomic E-state index is 0.756. The largest absolute Gasteiger partial charge is 0.293 e. The van der Waals surface area contributed by atoms with Crippen LogP contribution < -0.4 is 0 Å². The molecule has 0 N–H and O–H groups in total. The van der Waals surface area contributed by atoms with E-state index in [2.05, 4.69) is 29.2 Å². The molecule has 1 aromatic rings. The maximum absolute atomic E-state index is 2.82. The molecule has 2 bridgehead atoms. The predicted molar refractivity (Wildman–Crippen MR) is 65.5 cm³/mol. The molecule has 3 aliphatic heterocycles. The molecule has 1 aromatic carbocycles. The molecule has 84 valence electrons. The lowest BCUT2D eigenvalue weighted by molar-refractivity contribution is 0.0195. The molecule has 3 heterocycles. The van der Waals surface area contributed by atoms with Crippen molar-refractivity contribution in [2.75, 3.05) is 6.54 Å². The van der Waals surface area contributed by atoms with Crippen molar-refractivity contribution in [1.82, 2.24) is 4.90 Å². The van der Waals surface area contributed by atoms with Crippen molar-refractivity contribution in [1.29, 1.82) is 0 Å². The molecule has 1 nitrogen and oxygen atoms in total. The Morgan fingerprint density at radius 2 is 1.81 bits per heavy atom. The molecule has 0 amide bonds. The van der Waals surface area contributed by atoms with E-state index in [1.165, 1.54) is 38.6 Å². The third-order valence-electron chi connectivity index (χ3n) is 4.96. The Morgan fingerprint density at radius 3 is 2.75 bits per heavy atom. The zero-order valence-corrected chi connectivity index (χ0v) is 9.73. The quantitative estimate of drug-likeness (QED) is 0.638. The fraction of sp³-hybridized carbons (Fsp3) is 0.600. The molecule has 3 unspecified atom stereocenters. The van der Waals surface area contributed by atoms with Crippen molar-refractivity contribution in [3.05, 3.63) is 35.4 Å². The summed E-state index contributed by atoms with van der Waals surface area (Å²) in [5.41, 5.74) is 3.33. The van der Waals surface area contributed by atoms with Gasteiger partial charge in [-0.25, -0.2) is 0 Å². The predicted octanol–water partition coefficient (Wildman–Crippen LogP) is 3.47. The van der Waals surface area contributed by atoms with E-state index in [4.69, 9.17) is 0 Å². The maximum atomic E-state index is 2.82. The molecular formula is C15H19N. The van der Waals surface area contributed by atoms with Gasteiger partial charge in [0.05, 0.1) is 0 Å². The van der Waals surface area contributed by atoms with Gasteiger partial charge in [-0.1, -0.05) is 30.7 Å². The molecule has 0 saturated carbocycles. The molecule has 0 aromatic heterocycles. The smallest absolute Gasteiger partial charge is 0.0354 e. The summed E-state index contributed by atoms with van der Waals surface area (Å²) in [7, 11) is 0. The van der Waals surface area contributed by atoms with Crippen LogP contribution in [0.2, 0.25) is 0 Å². The highest BCUT2D eigenvalue weighted by Crippen LogP contribution is 2.52. The van der Waals surface area contributed by atoms with Gasteiger partial charge in [0.15, 0.2) is 0 Å². The lowest BCUT2D eigenvalue weighted by Crippen LogP contribution is -2.52. The Labute approximate surface area is 97.5 Å². The molecule has 2 saturated heterocycles. The SMILES string of the molecule is c1ccc2c(c1)C1CCC2N2CCCCC12. The van der Waals surface area contributed by atoms with Crippen LogP contribution in [-0.4, -0.2) is 17.5 Å². The second-order valence-corrected chi connectivity index (χ2v) is 5.63. The Bertz CT molecular complexity index is 373. The molecule has 0 spiro atoms. The monoisotopic (exact) mass is 213 g/mol. The van der Waals surface area contributed by atoms with E-state index in [1.54, 1.807) is 11.1 Å². The van der Waals surface area contributed by atoms with Crippen molar-refractivity contribution >= 4 is 0 Å². The van der Waals surface area contributed by atoms with Crippen molar-refractivity contribution in [3.63, 3.8) is 0 Å². The van der Waals surface area contributed by atoms with Gasteiger partial charge in [-0.05, 0) is 49.3 Å². The molecule has 1 aliphatic carbocycles. The molecular weight excluding hydrogens is 194 g/mol. The van der Waals surface area contributed by atoms with Gasteiger partial charge in [-0.3, -0.25) is 4.90 Å². The Balaban J connectivity index is 1.85. The lowest BCUT2D eigenvalue weighted by atomic mass is 9.68. The third-order valence-corrected chi connectivity index (χ3v) is 4.96. The average molecular weight is 213 g/mol. The van der Waals surface area contributed by atoms with E-state index in [-0.39, 0.29) is 0 Å². The van der Waals surface area contributed by atoms with Gasteiger partial charge in [0.2, 0.25) is 0 Å². The summed E-state index contributed by atoms with van der Waals surface area (Å²) in [6.07, 6.45) is 7.14. The number of nitrogens with zero attached hydrogens (tertiary/aromatic N) is 1. The standard InChI is InChI=1S/C15H19N/c1-2-6-12-11(5-1)13-8-9-15(12)16-10-4-3-7-14(13)16/h1-2,5-6,13-15H,3-4,7-10H2. The molecule has 1 heteroatoms. The highest BCUT2D eigenvalue weighted by Gasteiger charge is 2.45. The Kier molecular flexibility index (Phi) is 1.92. The number of piperidine rings is 2. The first-order chi connectivity index (χ1) is 7.95. The van der Waals surface area contributed by atoms with E-state index in [1.807, 2.05) is 0 Å². The molecule has 5 rings (SSSR count). The second-order valence-electron chi connectivity index (χ2n) is 5.63. The Morgan fingerprint density at radius 1 is 0.938 bits per heavy atom. The van der Waals surface area contributed by atoms with E-state index in [0.717, 1.165) is 18.0 Å². The number of hydrogen-bond donors (Lipinski definition) is 0. The molecule has 16 heavy (non-hydrogen) atoms. The van der Waals surface area contributed by atoms with Crippen LogP contribution in [0, 0.1) is 0 Å². The first-order valence-electron chi connectivity index (χ1n) is 6.80. The van der Waals surface area contributed by atoms with Crippen LogP contribution in [0.25, 0.3) is 0 Å². The summed E-state index contributed by atoms with van der Waals surface area (Å²) >= 11 is 0. The third kappa shape index (κ3) is 1.10. The second kappa shape index (κ2) is 3.33. The van der Waals surface area contributed by atoms with Crippen LogP contribution in [-0.2, 0) is 0 Å². The van der Waals surface area contributed by atoms with E-state index < -0.39 is 0 Å². The number of hydrogen-bond acceptors (Lipinski definition) is 1. The van der Waals surface area contributed by atoms with Crippen LogP contribution in [0.1, 0.15) is 55.2 Å². The zero-order valence-electron chi connectivity index (χ0n) is 9.73. The first kappa shape index (κ1) is 9.23. The number of fused-ring (bicyclic) bond motifs is 1. The van der Waals surface area contributed by atoms with E-state index >= 15 is 0 Å². The van der Waals surface area contributed by atoms with Crippen molar-refractivity contribution in [2.45, 2.75) is 50.1 Å². The number of rotatable bonds is 0.